The summed E-state index contributed by atoms with van der Waals surface area (Å²) < 4.78 is 0.540. The van der Waals surface area contributed by atoms with Gasteiger partial charge in [0.05, 0.1) is 10.6 Å². The highest BCUT2D eigenvalue weighted by Crippen LogP contribution is 2.29. The van der Waals surface area contributed by atoms with Crippen LogP contribution in [0.4, 0.5) is 11.4 Å². The third-order valence-corrected chi connectivity index (χ3v) is 3.88. The van der Waals surface area contributed by atoms with Gasteiger partial charge in [-0.1, -0.05) is 30.3 Å². The molecule has 0 aliphatic carbocycles. The van der Waals surface area contributed by atoms with Gasteiger partial charge in [-0.25, -0.2) is 0 Å². The van der Waals surface area contributed by atoms with Gasteiger partial charge in [0.25, 0.3) is 5.69 Å². The van der Waals surface area contributed by atoms with Crippen LogP contribution in [-0.2, 0) is 4.79 Å². The highest BCUT2D eigenvalue weighted by Gasteiger charge is 2.19. The molecule has 1 N–H and O–H groups in total. The lowest BCUT2D eigenvalue weighted by Gasteiger charge is -2.12. The molecule has 0 fully saturated rings. The normalized spacial score (nSPS) is 11.7. The first kappa shape index (κ1) is 15.5. The Morgan fingerprint density at radius 2 is 1.90 bits per heavy atom. The minimum Gasteiger partial charge on any atom is -0.323 e. The molecule has 108 valence electrons. The lowest BCUT2D eigenvalue weighted by Crippen LogP contribution is -2.17. The zero-order chi connectivity index (χ0) is 15.4. The number of amides is 1. The van der Waals surface area contributed by atoms with E-state index in [1.54, 1.807) is 24.3 Å². The van der Waals surface area contributed by atoms with Crippen molar-refractivity contribution in [3.05, 3.63) is 68.7 Å². The van der Waals surface area contributed by atoms with E-state index in [9.17, 15) is 14.9 Å². The topological polar surface area (TPSA) is 72.2 Å². The number of carbonyl (C=O) groups excluding carboxylic acids is 1. The summed E-state index contributed by atoms with van der Waals surface area (Å²) in [6.07, 6.45) is 0. The van der Waals surface area contributed by atoms with Crippen molar-refractivity contribution in [2.75, 3.05) is 5.32 Å². The van der Waals surface area contributed by atoms with E-state index in [1.807, 2.05) is 6.07 Å². The molecule has 1 unspecified atom stereocenters. The number of nitrogens with zero attached hydrogens (tertiary/aromatic N) is 1. The highest BCUT2D eigenvalue weighted by atomic mass is 79.9. The fourth-order valence-corrected chi connectivity index (χ4v) is 2.24. The molecule has 0 radical (unpaired) electrons. The molecule has 7 heteroatoms. The number of hydrogen-bond acceptors (Lipinski definition) is 3. The van der Waals surface area contributed by atoms with Gasteiger partial charge < -0.3 is 5.32 Å². The van der Waals surface area contributed by atoms with Crippen LogP contribution in [0.5, 0.6) is 0 Å². The molecule has 2 aromatic rings. The Morgan fingerprint density at radius 1 is 1.24 bits per heavy atom. The Hall–Kier alpha value is -1.92. The summed E-state index contributed by atoms with van der Waals surface area (Å²) in [4.78, 5) is 22.3. The van der Waals surface area contributed by atoms with E-state index < -0.39 is 16.2 Å². The first-order valence-electron chi connectivity index (χ1n) is 5.93. The monoisotopic (exact) mass is 368 g/mol. The average Bonchev–Trinajstić information content (AvgIpc) is 2.49. The van der Waals surface area contributed by atoms with Gasteiger partial charge in [-0.15, -0.1) is 11.6 Å². The largest absolute Gasteiger partial charge is 0.323 e. The fraction of sp³-hybridized carbons (Fsp3) is 0.0714. The first-order chi connectivity index (χ1) is 9.99. The molecule has 1 atom stereocenters. The number of non-ortho nitro benzene ring substituents is 1. The van der Waals surface area contributed by atoms with E-state index >= 15 is 0 Å². The quantitative estimate of drug-likeness (QED) is 0.497. The van der Waals surface area contributed by atoms with Gasteiger partial charge in [0.15, 0.2) is 0 Å². The predicted molar refractivity (Wildman–Crippen MR) is 84.5 cm³/mol. The molecule has 21 heavy (non-hydrogen) atoms. The van der Waals surface area contributed by atoms with Gasteiger partial charge in [-0.2, -0.15) is 0 Å². The number of nitro groups is 1. The zero-order valence-corrected chi connectivity index (χ0v) is 13.0. The lowest BCUT2D eigenvalue weighted by atomic mass is 10.1. The van der Waals surface area contributed by atoms with Crippen molar-refractivity contribution in [3.63, 3.8) is 0 Å². The molecular formula is C14H10BrClN2O3. The standard InChI is InChI=1S/C14H10BrClN2O3/c15-11-7-6-10(18(20)21)8-12(11)17-14(19)13(16)9-4-2-1-3-5-9/h1-8,13H,(H,17,19). The summed E-state index contributed by atoms with van der Waals surface area (Å²) in [5.74, 6) is -0.455. The molecule has 0 aromatic heterocycles. The molecule has 0 aliphatic rings. The molecule has 0 bridgehead atoms. The molecule has 0 spiro atoms. The van der Waals surface area contributed by atoms with Crippen molar-refractivity contribution in [1.29, 1.82) is 0 Å². The second-order valence-electron chi connectivity index (χ2n) is 4.18. The van der Waals surface area contributed by atoms with Crippen molar-refractivity contribution in [1.82, 2.24) is 0 Å². The zero-order valence-electron chi connectivity index (χ0n) is 10.6. The summed E-state index contributed by atoms with van der Waals surface area (Å²) in [7, 11) is 0. The van der Waals surface area contributed by atoms with Crippen LogP contribution in [-0.4, -0.2) is 10.8 Å². The van der Waals surface area contributed by atoms with Gasteiger partial charge >= 0.3 is 0 Å². The maximum Gasteiger partial charge on any atom is 0.271 e. The molecule has 2 rings (SSSR count). The lowest BCUT2D eigenvalue weighted by molar-refractivity contribution is -0.384. The van der Waals surface area contributed by atoms with Crippen LogP contribution < -0.4 is 5.32 Å². The van der Waals surface area contributed by atoms with Crippen LogP contribution in [0.1, 0.15) is 10.9 Å². The molecule has 0 heterocycles. The first-order valence-corrected chi connectivity index (χ1v) is 7.16. The summed E-state index contributed by atoms with van der Waals surface area (Å²) in [6.45, 7) is 0. The summed E-state index contributed by atoms with van der Waals surface area (Å²) in [5.41, 5.74) is 0.841. The molecule has 0 aliphatic heterocycles. The van der Waals surface area contributed by atoms with Crippen molar-refractivity contribution >= 4 is 44.8 Å². The van der Waals surface area contributed by atoms with Crippen molar-refractivity contribution < 1.29 is 9.72 Å². The van der Waals surface area contributed by atoms with E-state index in [0.717, 1.165) is 0 Å². The Kier molecular flexibility index (Phi) is 4.93. The average molecular weight is 370 g/mol. The van der Waals surface area contributed by atoms with E-state index in [-0.39, 0.29) is 5.69 Å². The van der Waals surface area contributed by atoms with Crippen LogP contribution in [0, 0.1) is 10.1 Å². The van der Waals surface area contributed by atoms with Crippen LogP contribution in [0.2, 0.25) is 0 Å². The highest BCUT2D eigenvalue weighted by molar-refractivity contribution is 9.10. The molecule has 0 saturated heterocycles. The number of nitrogens with one attached hydrogen (secondary N) is 1. The number of carbonyl (C=O) groups is 1. The van der Waals surface area contributed by atoms with Crippen LogP contribution in [0.25, 0.3) is 0 Å². The second kappa shape index (κ2) is 6.69. The molecular weight excluding hydrogens is 360 g/mol. The Morgan fingerprint density at radius 3 is 2.52 bits per heavy atom. The number of halogens is 2. The van der Waals surface area contributed by atoms with Crippen molar-refractivity contribution in [3.8, 4) is 0 Å². The summed E-state index contributed by atoms with van der Waals surface area (Å²) >= 11 is 9.33. The number of benzene rings is 2. The van der Waals surface area contributed by atoms with Crippen LogP contribution >= 0.6 is 27.5 Å². The summed E-state index contributed by atoms with van der Waals surface area (Å²) in [5, 5.41) is 12.5. The minimum atomic E-state index is -0.877. The molecule has 0 saturated carbocycles. The van der Waals surface area contributed by atoms with Crippen molar-refractivity contribution in [2.24, 2.45) is 0 Å². The fourth-order valence-electron chi connectivity index (χ4n) is 1.69. The van der Waals surface area contributed by atoms with Gasteiger partial charge in [0, 0.05) is 16.6 Å². The predicted octanol–water partition coefficient (Wildman–Crippen LogP) is 4.28. The van der Waals surface area contributed by atoms with E-state index in [0.29, 0.717) is 15.7 Å². The third-order valence-electron chi connectivity index (χ3n) is 2.74. The van der Waals surface area contributed by atoms with Gasteiger partial charge in [0.2, 0.25) is 5.91 Å². The smallest absolute Gasteiger partial charge is 0.271 e. The van der Waals surface area contributed by atoms with Gasteiger partial charge in [0.1, 0.15) is 5.38 Å². The number of rotatable bonds is 4. The van der Waals surface area contributed by atoms with E-state index in [1.165, 1.54) is 18.2 Å². The maximum atomic E-state index is 12.1. The number of hydrogen-bond donors (Lipinski definition) is 1. The maximum absolute atomic E-state index is 12.1. The summed E-state index contributed by atoms with van der Waals surface area (Å²) in [6, 6.07) is 13.0. The molecule has 1 amide bonds. The van der Waals surface area contributed by atoms with Gasteiger partial charge in [-0.05, 0) is 27.6 Å². The molecule has 5 nitrogen and oxygen atoms in total. The van der Waals surface area contributed by atoms with Crippen LogP contribution in [0.3, 0.4) is 0 Å². The SMILES string of the molecule is O=C(Nc1cc([N+](=O)[O-])ccc1Br)C(Cl)c1ccccc1. The number of anilines is 1. The van der Waals surface area contributed by atoms with E-state index in [2.05, 4.69) is 21.2 Å². The van der Waals surface area contributed by atoms with E-state index in [4.69, 9.17) is 11.6 Å². The van der Waals surface area contributed by atoms with Crippen molar-refractivity contribution in [2.45, 2.75) is 5.38 Å². The Labute approximate surface area is 134 Å². The van der Waals surface area contributed by atoms with Gasteiger partial charge in [-0.3, -0.25) is 14.9 Å². The Bertz CT molecular complexity index is 679. The second-order valence-corrected chi connectivity index (χ2v) is 5.47. The number of alkyl halides is 1. The minimum absolute atomic E-state index is 0.112. The third kappa shape index (κ3) is 3.80. The van der Waals surface area contributed by atoms with Crippen LogP contribution in [0.15, 0.2) is 53.0 Å². The Balaban J connectivity index is 2.20. The molecule has 2 aromatic carbocycles. The number of nitro benzene ring substituents is 1.